The highest BCUT2D eigenvalue weighted by molar-refractivity contribution is 7.85. The lowest BCUT2D eigenvalue weighted by atomic mass is 10.2. The summed E-state index contributed by atoms with van der Waals surface area (Å²) in [5.41, 5.74) is 8.46. The number of benzene rings is 2. The van der Waals surface area contributed by atoms with Gasteiger partial charge in [0.15, 0.2) is 0 Å². The van der Waals surface area contributed by atoms with Crippen LogP contribution in [0.3, 0.4) is 0 Å². The summed E-state index contributed by atoms with van der Waals surface area (Å²) in [4.78, 5) is -0.0666. The monoisotopic (exact) mass is 279 g/mol. The van der Waals surface area contributed by atoms with Gasteiger partial charge in [0.1, 0.15) is 0 Å². The van der Waals surface area contributed by atoms with E-state index in [1.54, 1.807) is 12.1 Å². The van der Waals surface area contributed by atoms with E-state index < -0.39 is 10.1 Å². The molecule has 2 rings (SSSR count). The number of hydrogen-bond donors (Lipinski definition) is 2. The zero-order valence-electron chi connectivity index (χ0n) is 10.9. The Kier molecular flexibility index (Phi) is 5.09. The van der Waals surface area contributed by atoms with Gasteiger partial charge < -0.3 is 5.73 Å². The second kappa shape index (κ2) is 6.36. The average Bonchev–Trinajstić information content (AvgIpc) is 2.33. The second-order valence-electron chi connectivity index (χ2n) is 4.20. The standard InChI is InChI=1S/C7H9N.C7H8O3S/c1-6-2-4-7(8)5-3-6;1-6-2-4-7(5-3-6)11(8,9)10/h2-5H,8H2,1H3;2-5H,1H3,(H,8,9,10). The molecule has 3 N–H and O–H groups in total. The van der Waals surface area contributed by atoms with Crippen molar-refractivity contribution < 1.29 is 13.0 Å². The molecule has 0 aliphatic carbocycles. The maximum Gasteiger partial charge on any atom is 0.294 e. The first-order chi connectivity index (χ1) is 8.79. The van der Waals surface area contributed by atoms with Crippen LogP contribution in [0, 0.1) is 13.8 Å². The summed E-state index contributed by atoms with van der Waals surface area (Å²) < 4.78 is 29.6. The highest BCUT2D eigenvalue weighted by Gasteiger charge is 2.06. The molecule has 0 radical (unpaired) electrons. The molecular formula is C14H17NO3S. The number of nitrogen functional groups attached to an aromatic ring is 1. The predicted molar refractivity (Wildman–Crippen MR) is 76.6 cm³/mol. The van der Waals surface area contributed by atoms with Crippen LogP contribution in [0.5, 0.6) is 0 Å². The molecule has 0 saturated heterocycles. The van der Waals surface area contributed by atoms with E-state index >= 15 is 0 Å². The van der Waals surface area contributed by atoms with Gasteiger partial charge in [0.25, 0.3) is 10.1 Å². The number of nitrogens with two attached hydrogens (primary N) is 1. The summed E-state index contributed by atoms with van der Waals surface area (Å²) in [5, 5.41) is 0. The van der Waals surface area contributed by atoms with E-state index in [0.29, 0.717) is 0 Å². The van der Waals surface area contributed by atoms with Crippen LogP contribution in [-0.2, 0) is 10.1 Å². The van der Waals surface area contributed by atoms with E-state index in [-0.39, 0.29) is 4.90 Å². The van der Waals surface area contributed by atoms with Crippen molar-refractivity contribution in [2.75, 3.05) is 5.73 Å². The zero-order chi connectivity index (χ0) is 14.5. The highest BCUT2D eigenvalue weighted by atomic mass is 32.2. The maximum absolute atomic E-state index is 10.5. The minimum atomic E-state index is -4.02. The van der Waals surface area contributed by atoms with E-state index in [9.17, 15) is 8.42 Å². The van der Waals surface area contributed by atoms with Gasteiger partial charge in [0.05, 0.1) is 4.90 Å². The lowest BCUT2D eigenvalue weighted by Gasteiger charge is -1.95. The van der Waals surface area contributed by atoms with Crippen LogP contribution >= 0.6 is 0 Å². The predicted octanol–water partition coefficient (Wildman–Crippen LogP) is 2.82. The first kappa shape index (κ1) is 15.2. The third-order valence-corrected chi connectivity index (χ3v) is 3.26. The van der Waals surface area contributed by atoms with Crippen molar-refractivity contribution in [2.45, 2.75) is 18.7 Å². The third kappa shape index (κ3) is 5.54. The largest absolute Gasteiger partial charge is 0.399 e. The first-order valence-electron chi connectivity index (χ1n) is 5.65. The smallest absolute Gasteiger partial charge is 0.294 e. The van der Waals surface area contributed by atoms with Crippen molar-refractivity contribution in [3.05, 3.63) is 59.7 Å². The molecule has 0 aromatic heterocycles. The molecule has 0 amide bonds. The molecule has 4 nitrogen and oxygen atoms in total. The van der Waals surface area contributed by atoms with Crippen LogP contribution in [0.1, 0.15) is 11.1 Å². The minimum absolute atomic E-state index is 0.0666. The van der Waals surface area contributed by atoms with Gasteiger partial charge in [-0.2, -0.15) is 8.42 Å². The molecule has 2 aromatic carbocycles. The number of rotatable bonds is 1. The molecule has 0 unspecified atom stereocenters. The van der Waals surface area contributed by atoms with Gasteiger partial charge in [0.2, 0.25) is 0 Å². The Labute approximate surface area is 113 Å². The first-order valence-corrected chi connectivity index (χ1v) is 7.09. The van der Waals surface area contributed by atoms with Crippen molar-refractivity contribution in [1.82, 2.24) is 0 Å². The summed E-state index contributed by atoms with van der Waals surface area (Å²) in [6.45, 7) is 3.88. The van der Waals surface area contributed by atoms with Gasteiger partial charge in [-0.1, -0.05) is 35.4 Å². The molecule has 102 valence electrons. The summed E-state index contributed by atoms with van der Waals surface area (Å²) >= 11 is 0. The average molecular weight is 279 g/mol. The molecule has 0 atom stereocenters. The minimum Gasteiger partial charge on any atom is -0.399 e. The Morgan fingerprint density at radius 3 is 1.53 bits per heavy atom. The molecule has 0 bridgehead atoms. The fourth-order valence-electron chi connectivity index (χ4n) is 1.28. The lowest BCUT2D eigenvalue weighted by molar-refractivity contribution is 0.483. The molecule has 0 saturated carbocycles. The van der Waals surface area contributed by atoms with Gasteiger partial charge in [-0.25, -0.2) is 0 Å². The van der Waals surface area contributed by atoms with E-state index in [0.717, 1.165) is 11.3 Å². The Hall–Kier alpha value is -1.85. The molecule has 0 aliphatic rings. The Morgan fingerprint density at radius 2 is 1.21 bits per heavy atom. The summed E-state index contributed by atoms with van der Waals surface area (Å²) in [6, 6.07) is 13.8. The third-order valence-electron chi connectivity index (χ3n) is 2.40. The molecule has 5 heteroatoms. The van der Waals surface area contributed by atoms with Gasteiger partial charge in [-0.15, -0.1) is 0 Å². The molecule has 0 heterocycles. The summed E-state index contributed by atoms with van der Waals surface area (Å²) in [6.07, 6.45) is 0. The summed E-state index contributed by atoms with van der Waals surface area (Å²) in [7, 11) is -4.02. The van der Waals surface area contributed by atoms with Gasteiger partial charge in [-0.3, -0.25) is 4.55 Å². The maximum atomic E-state index is 10.5. The van der Waals surface area contributed by atoms with Crippen LogP contribution in [-0.4, -0.2) is 13.0 Å². The molecule has 2 aromatic rings. The van der Waals surface area contributed by atoms with Gasteiger partial charge in [0, 0.05) is 5.69 Å². The zero-order valence-corrected chi connectivity index (χ0v) is 11.7. The van der Waals surface area contributed by atoms with E-state index in [2.05, 4.69) is 0 Å². The SMILES string of the molecule is Cc1ccc(N)cc1.Cc1ccc(S(=O)(=O)O)cc1. The molecular weight excluding hydrogens is 262 g/mol. The van der Waals surface area contributed by atoms with Gasteiger partial charge >= 0.3 is 0 Å². The number of anilines is 1. The molecule has 19 heavy (non-hydrogen) atoms. The highest BCUT2D eigenvalue weighted by Crippen LogP contribution is 2.08. The number of hydrogen-bond acceptors (Lipinski definition) is 3. The van der Waals surface area contributed by atoms with Crippen molar-refractivity contribution in [2.24, 2.45) is 0 Å². The van der Waals surface area contributed by atoms with Crippen LogP contribution in [0.15, 0.2) is 53.4 Å². The van der Waals surface area contributed by atoms with E-state index in [4.69, 9.17) is 10.3 Å². The van der Waals surface area contributed by atoms with Crippen molar-refractivity contribution in [3.8, 4) is 0 Å². The van der Waals surface area contributed by atoms with Crippen LogP contribution < -0.4 is 5.73 Å². The lowest BCUT2D eigenvalue weighted by Crippen LogP contribution is -1.96. The van der Waals surface area contributed by atoms with Crippen LogP contribution in [0.25, 0.3) is 0 Å². The Bertz CT molecular complexity index is 596. The Balaban J connectivity index is 0.000000200. The number of aryl methyl sites for hydroxylation is 2. The fourth-order valence-corrected chi connectivity index (χ4v) is 1.76. The van der Waals surface area contributed by atoms with E-state index in [1.165, 1.54) is 17.7 Å². The quantitative estimate of drug-likeness (QED) is 0.621. The van der Waals surface area contributed by atoms with Crippen molar-refractivity contribution in [3.63, 3.8) is 0 Å². The van der Waals surface area contributed by atoms with Crippen molar-refractivity contribution >= 4 is 15.8 Å². The van der Waals surface area contributed by atoms with Crippen molar-refractivity contribution in [1.29, 1.82) is 0 Å². The normalized spacial score (nSPS) is 10.5. The summed E-state index contributed by atoms with van der Waals surface area (Å²) in [5.74, 6) is 0. The molecule has 0 spiro atoms. The topological polar surface area (TPSA) is 80.4 Å². The van der Waals surface area contributed by atoms with Crippen LogP contribution in [0.2, 0.25) is 0 Å². The fraction of sp³-hybridized carbons (Fsp3) is 0.143. The second-order valence-corrected chi connectivity index (χ2v) is 5.62. The molecule has 0 fully saturated rings. The van der Waals surface area contributed by atoms with Crippen LogP contribution in [0.4, 0.5) is 5.69 Å². The molecule has 0 aliphatic heterocycles. The van der Waals surface area contributed by atoms with Gasteiger partial charge in [-0.05, 0) is 38.1 Å². The van der Waals surface area contributed by atoms with E-state index in [1.807, 2.05) is 38.1 Å². The Morgan fingerprint density at radius 1 is 0.842 bits per heavy atom.